The van der Waals surface area contributed by atoms with Crippen LogP contribution in [-0.4, -0.2) is 11.1 Å². The molecule has 5 heteroatoms. The minimum atomic E-state index is -1.02. The van der Waals surface area contributed by atoms with Crippen LogP contribution in [0.2, 0.25) is 5.02 Å². The summed E-state index contributed by atoms with van der Waals surface area (Å²) < 4.78 is 13.1. The third-order valence-corrected chi connectivity index (χ3v) is 3.15. The molecule has 0 aliphatic heterocycles. The first kappa shape index (κ1) is 11.1. The van der Waals surface area contributed by atoms with Crippen molar-refractivity contribution >= 4 is 28.9 Å². The Labute approximate surface area is 99.9 Å². The van der Waals surface area contributed by atoms with E-state index < -0.39 is 11.8 Å². The largest absolute Gasteiger partial charge is 0.477 e. The van der Waals surface area contributed by atoms with E-state index in [-0.39, 0.29) is 9.90 Å². The number of hydrogen-bond donors (Lipinski definition) is 1. The van der Waals surface area contributed by atoms with Gasteiger partial charge >= 0.3 is 5.97 Å². The molecule has 2 nitrogen and oxygen atoms in total. The summed E-state index contributed by atoms with van der Waals surface area (Å²) in [5, 5.41) is 10.8. The van der Waals surface area contributed by atoms with Crippen LogP contribution in [0, 0.1) is 5.82 Å². The van der Waals surface area contributed by atoms with Crippen molar-refractivity contribution in [3.05, 3.63) is 45.4 Å². The molecule has 0 radical (unpaired) electrons. The van der Waals surface area contributed by atoms with E-state index in [0.29, 0.717) is 11.1 Å². The second-order valence-electron chi connectivity index (χ2n) is 3.13. The van der Waals surface area contributed by atoms with Crippen molar-refractivity contribution in [3.63, 3.8) is 0 Å². The van der Waals surface area contributed by atoms with Crippen LogP contribution < -0.4 is 0 Å². The van der Waals surface area contributed by atoms with E-state index in [9.17, 15) is 9.18 Å². The zero-order valence-corrected chi connectivity index (χ0v) is 9.48. The Morgan fingerprint density at radius 2 is 2.12 bits per heavy atom. The van der Waals surface area contributed by atoms with Crippen LogP contribution >= 0.6 is 22.9 Å². The third-order valence-electron chi connectivity index (χ3n) is 2.03. The molecule has 1 heterocycles. The van der Waals surface area contributed by atoms with Gasteiger partial charge in [0, 0.05) is 10.6 Å². The highest BCUT2D eigenvalue weighted by molar-refractivity contribution is 7.12. The predicted octanol–water partition coefficient (Wildman–Crippen LogP) is 3.91. The maximum absolute atomic E-state index is 13.1. The van der Waals surface area contributed by atoms with E-state index in [1.807, 2.05) is 0 Å². The first-order valence-electron chi connectivity index (χ1n) is 4.35. The van der Waals surface area contributed by atoms with Crippen molar-refractivity contribution in [2.24, 2.45) is 0 Å². The summed E-state index contributed by atoms with van der Waals surface area (Å²) >= 11 is 6.81. The Bertz CT molecular complexity index is 530. The maximum Gasteiger partial charge on any atom is 0.346 e. The molecule has 16 heavy (non-hydrogen) atoms. The highest BCUT2D eigenvalue weighted by atomic mass is 35.5. The normalized spacial score (nSPS) is 10.4. The number of carboxylic acid groups (broad SMARTS) is 1. The molecule has 0 aliphatic rings. The van der Waals surface area contributed by atoms with Crippen molar-refractivity contribution in [3.8, 4) is 11.1 Å². The van der Waals surface area contributed by atoms with Crippen LogP contribution in [0.15, 0.2) is 29.6 Å². The van der Waals surface area contributed by atoms with Gasteiger partial charge in [-0.05, 0) is 35.2 Å². The van der Waals surface area contributed by atoms with Gasteiger partial charge < -0.3 is 5.11 Å². The lowest BCUT2D eigenvalue weighted by Crippen LogP contribution is -1.94. The molecule has 2 rings (SSSR count). The molecule has 0 atom stereocenters. The smallest absolute Gasteiger partial charge is 0.346 e. The molecular formula is C11H6ClFO2S. The highest BCUT2D eigenvalue weighted by Crippen LogP contribution is 2.30. The second kappa shape index (κ2) is 4.23. The lowest BCUT2D eigenvalue weighted by molar-refractivity contribution is 0.0703. The van der Waals surface area contributed by atoms with Gasteiger partial charge in [-0.1, -0.05) is 11.6 Å². The number of carbonyl (C=O) groups is 1. The molecule has 0 saturated heterocycles. The number of carboxylic acids is 1. The Kier molecular flexibility index (Phi) is 2.94. The van der Waals surface area contributed by atoms with Crippen LogP contribution in [0.5, 0.6) is 0 Å². The van der Waals surface area contributed by atoms with Gasteiger partial charge in [0.2, 0.25) is 0 Å². The van der Waals surface area contributed by atoms with E-state index >= 15 is 0 Å². The van der Waals surface area contributed by atoms with Gasteiger partial charge in [-0.2, -0.15) is 0 Å². The summed E-state index contributed by atoms with van der Waals surface area (Å²) in [5.74, 6) is -1.50. The number of halogens is 2. The van der Waals surface area contributed by atoms with Crippen LogP contribution in [0.25, 0.3) is 11.1 Å². The summed E-state index contributed by atoms with van der Waals surface area (Å²) in [7, 11) is 0. The number of benzene rings is 1. The summed E-state index contributed by atoms with van der Waals surface area (Å²) in [4.78, 5) is 11.1. The zero-order chi connectivity index (χ0) is 11.7. The average molecular weight is 257 g/mol. The van der Waals surface area contributed by atoms with Gasteiger partial charge in [-0.3, -0.25) is 0 Å². The minimum absolute atomic E-state index is 0.182. The van der Waals surface area contributed by atoms with Crippen LogP contribution in [0.3, 0.4) is 0 Å². The molecule has 0 unspecified atom stereocenters. The van der Waals surface area contributed by atoms with E-state index in [0.717, 1.165) is 11.3 Å². The third kappa shape index (κ3) is 2.08. The van der Waals surface area contributed by atoms with E-state index in [1.54, 1.807) is 17.5 Å². The van der Waals surface area contributed by atoms with Gasteiger partial charge in [0.1, 0.15) is 10.7 Å². The molecule has 0 fully saturated rings. The van der Waals surface area contributed by atoms with Gasteiger partial charge in [-0.15, -0.1) is 11.3 Å². The van der Waals surface area contributed by atoms with Crippen molar-refractivity contribution in [1.82, 2.24) is 0 Å². The van der Waals surface area contributed by atoms with Crippen molar-refractivity contribution in [2.45, 2.75) is 0 Å². The molecule has 0 aliphatic carbocycles. The van der Waals surface area contributed by atoms with Crippen LogP contribution in [0.4, 0.5) is 4.39 Å². The predicted molar refractivity (Wildman–Crippen MR) is 61.7 cm³/mol. The average Bonchev–Trinajstić information content (AvgIpc) is 2.63. The molecule has 0 spiro atoms. The standard InChI is InChI=1S/C11H6ClFO2S/c12-7-3-6(4-8(13)5-7)9-1-2-16-10(9)11(14)15/h1-5H,(H,14,15). The first-order chi connectivity index (χ1) is 7.58. The van der Waals surface area contributed by atoms with Crippen molar-refractivity contribution < 1.29 is 14.3 Å². The second-order valence-corrected chi connectivity index (χ2v) is 4.48. The van der Waals surface area contributed by atoms with Gasteiger partial charge in [0.15, 0.2) is 0 Å². The van der Waals surface area contributed by atoms with E-state index in [1.165, 1.54) is 12.1 Å². The fraction of sp³-hybridized carbons (Fsp3) is 0. The Morgan fingerprint density at radius 3 is 2.75 bits per heavy atom. The van der Waals surface area contributed by atoms with Crippen molar-refractivity contribution in [2.75, 3.05) is 0 Å². The molecule has 0 bridgehead atoms. The van der Waals surface area contributed by atoms with E-state index in [4.69, 9.17) is 16.7 Å². The number of rotatable bonds is 2. The SMILES string of the molecule is O=C(O)c1sccc1-c1cc(F)cc(Cl)c1. The summed E-state index contributed by atoms with van der Waals surface area (Å²) in [6.45, 7) is 0. The Hall–Kier alpha value is -1.39. The molecule has 1 aromatic heterocycles. The monoisotopic (exact) mass is 256 g/mol. The summed E-state index contributed by atoms with van der Waals surface area (Å²) in [6, 6.07) is 5.62. The first-order valence-corrected chi connectivity index (χ1v) is 5.61. The fourth-order valence-corrected chi connectivity index (χ4v) is 2.39. The number of aromatic carboxylic acids is 1. The fourth-order valence-electron chi connectivity index (χ4n) is 1.41. The lowest BCUT2D eigenvalue weighted by atomic mass is 10.1. The Balaban J connectivity index is 2.58. The quantitative estimate of drug-likeness (QED) is 0.885. The number of hydrogen-bond acceptors (Lipinski definition) is 2. The zero-order valence-electron chi connectivity index (χ0n) is 7.91. The summed E-state index contributed by atoms with van der Waals surface area (Å²) in [5.41, 5.74) is 0.961. The molecule has 1 N–H and O–H groups in total. The highest BCUT2D eigenvalue weighted by Gasteiger charge is 2.14. The number of thiophene rings is 1. The van der Waals surface area contributed by atoms with Crippen LogP contribution in [0.1, 0.15) is 9.67 Å². The topological polar surface area (TPSA) is 37.3 Å². The van der Waals surface area contributed by atoms with Crippen molar-refractivity contribution in [1.29, 1.82) is 0 Å². The molecule has 2 aromatic rings. The minimum Gasteiger partial charge on any atom is -0.477 e. The van der Waals surface area contributed by atoms with Gasteiger partial charge in [0.25, 0.3) is 0 Å². The maximum atomic E-state index is 13.1. The van der Waals surface area contributed by atoms with E-state index in [2.05, 4.69) is 0 Å². The van der Waals surface area contributed by atoms with Crippen LogP contribution in [-0.2, 0) is 0 Å². The lowest BCUT2D eigenvalue weighted by Gasteiger charge is -2.02. The molecule has 0 amide bonds. The van der Waals surface area contributed by atoms with Gasteiger partial charge in [-0.25, -0.2) is 9.18 Å². The summed E-state index contributed by atoms with van der Waals surface area (Å²) in [6.07, 6.45) is 0. The molecule has 0 saturated carbocycles. The Morgan fingerprint density at radius 1 is 1.38 bits per heavy atom. The molecule has 82 valence electrons. The molecular weight excluding hydrogens is 251 g/mol. The molecule has 1 aromatic carbocycles. The van der Waals surface area contributed by atoms with Gasteiger partial charge in [0.05, 0.1) is 0 Å².